The Hall–Kier alpha value is -0.0931. The lowest BCUT2D eigenvalue weighted by Gasteiger charge is -2.12. The third-order valence-corrected chi connectivity index (χ3v) is 5.56. The molecule has 0 aromatic heterocycles. The fraction of sp³-hybridized carbons (Fsp3) is 0.786. The van der Waals surface area contributed by atoms with E-state index in [1.165, 1.54) is 44.2 Å². The maximum Gasteiger partial charge on any atom is 0.330 e. The highest BCUT2D eigenvalue weighted by molar-refractivity contribution is 9.26. The Morgan fingerprint density at radius 1 is 1.11 bits per heavy atom. The van der Waals surface area contributed by atoms with Crippen molar-refractivity contribution in [1.29, 1.82) is 0 Å². The van der Waals surface area contributed by atoms with Crippen LogP contribution in [0.2, 0.25) is 19.1 Å². The summed E-state index contributed by atoms with van der Waals surface area (Å²) in [5.74, 6) is -0.309. The first-order valence-electron chi connectivity index (χ1n) is 6.94. The standard InChI is InChI=1S/C14H27BrO2Si/c1-4-14(16)17-12-10-8-6-5-7-9-11-13-18(2,3)15/h4H,1,5-13H2,2-3H3. The zero-order valence-corrected chi connectivity index (χ0v) is 14.4. The molecule has 0 fully saturated rings. The summed E-state index contributed by atoms with van der Waals surface area (Å²) in [5.41, 5.74) is 0. The molecule has 0 amide bonds. The summed E-state index contributed by atoms with van der Waals surface area (Å²) in [7, 11) is 0. The lowest BCUT2D eigenvalue weighted by atomic mass is 10.1. The second-order valence-corrected chi connectivity index (χ2v) is 15.7. The van der Waals surface area contributed by atoms with Crippen molar-refractivity contribution < 1.29 is 9.53 Å². The summed E-state index contributed by atoms with van der Waals surface area (Å²) in [6.45, 7) is 7.61. The van der Waals surface area contributed by atoms with Crippen LogP contribution in [0.4, 0.5) is 0 Å². The molecule has 0 atom stereocenters. The van der Waals surface area contributed by atoms with Crippen LogP contribution in [0.15, 0.2) is 12.7 Å². The van der Waals surface area contributed by atoms with Gasteiger partial charge in [-0.1, -0.05) is 58.2 Å². The second kappa shape index (κ2) is 10.8. The number of ether oxygens (including phenoxy) is 1. The van der Waals surface area contributed by atoms with Gasteiger partial charge in [-0.25, -0.2) is 4.79 Å². The fourth-order valence-electron chi connectivity index (χ4n) is 1.76. The van der Waals surface area contributed by atoms with Crippen molar-refractivity contribution in [1.82, 2.24) is 0 Å². The Balaban J connectivity index is 3.12. The van der Waals surface area contributed by atoms with Crippen LogP contribution in [-0.2, 0) is 9.53 Å². The van der Waals surface area contributed by atoms with E-state index in [1.54, 1.807) is 0 Å². The summed E-state index contributed by atoms with van der Waals surface area (Å²) in [4.78, 5) is 10.8. The van der Waals surface area contributed by atoms with Crippen LogP contribution in [0.1, 0.15) is 44.9 Å². The van der Waals surface area contributed by atoms with Gasteiger partial charge < -0.3 is 4.74 Å². The maximum atomic E-state index is 10.8. The van der Waals surface area contributed by atoms with Gasteiger partial charge in [0.1, 0.15) is 6.69 Å². The number of esters is 1. The molecule has 0 aromatic rings. The Morgan fingerprint density at radius 2 is 1.61 bits per heavy atom. The highest BCUT2D eigenvalue weighted by Crippen LogP contribution is 2.21. The minimum Gasteiger partial charge on any atom is -0.463 e. The molecule has 0 saturated carbocycles. The number of hydrogen-bond acceptors (Lipinski definition) is 2. The quantitative estimate of drug-likeness (QED) is 0.174. The van der Waals surface area contributed by atoms with E-state index in [1.807, 2.05) is 0 Å². The van der Waals surface area contributed by atoms with E-state index in [0.717, 1.165) is 12.8 Å². The molecule has 0 aliphatic heterocycles. The molecule has 18 heavy (non-hydrogen) atoms. The third-order valence-electron chi connectivity index (χ3n) is 2.83. The average molecular weight is 335 g/mol. The first-order chi connectivity index (χ1) is 8.45. The zero-order valence-electron chi connectivity index (χ0n) is 11.8. The van der Waals surface area contributed by atoms with Crippen LogP contribution in [0.3, 0.4) is 0 Å². The number of rotatable bonds is 11. The summed E-state index contributed by atoms with van der Waals surface area (Å²) in [5, 5.41) is 0. The van der Waals surface area contributed by atoms with Gasteiger partial charge in [-0.2, -0.15) is 0 Å². The highest BCUT2D eigenvalue weighted by Gasteiger charge is 2.14. The van der Waals surface area contributed by atoms with Crippen molar-refractivity contribution in [3.05, 3.63) is 12.7 Å². The molecule has 0 radical (unpaired) electrons. The van der Waals surface area contributed by atoms with Crippen molar-refractivity contribution in [2.24, 2.45) is 0 Å². The van der Waals surface area contributed by atoms with E-state index in [9.17, 15) is 4.79 Å². The van der Waals surface area contributed by atoms with E-state index >= 15 is 0 Å². The van der Waals surface area contributed by atoms with Crippen molar-refractivity contribution >= 4 is 28.0 Å². The molecule has 2 nitrogen and oxygen atoms in total. The molecule has 0 aliphatic rings. The first kappa shape index (κ1) is 17.9. The molecular formula is C14H27BrO2Si. The summed E-state index contributed by atoms with van der Waals surface area (Å²) in [6.07, 6.45) is 9.96. The van der Waals surface area contributed by atoms with Gasteiger partial charge >= 0.3 is 5.97 Å². The molecule has 0 spiro atoms. The van der Waals surface area contributed by atoms with Gasteiger partial charge in [-0.15, -0.1) is 15.3 Å². The second-order valence-electron chi connectivity index (χ2n) is 5.32. The minimum atomic E-state index is -1.00. The predicted molar refractivity (Wildman–Crippen MR) is 84.7 cm³/mol. The Bertz CT molecular complexity index is 236. The summed E-state index contributed by atoms with van der Waals surface area (Å²) in [6, 6.07) is 1.38. The topological polar surface area (TPSA) is 26.3 Å². The van der Waals surface area contributed by atoms with Gasteiger partial charge in [0.25, 0.3) is 0 Å². The van der Waals surface area contributed by atoms with Crippen molar-refractivity contribution in [2.75, 3.05) is 6.61 Å². The monoisotopic (exact) mass is 334 g/mol. The lowest BCUT2D eigenvalue weighted by molar-refractivity contribution is -0.137. The molecule has 0 N–H and O–H groups in total. The third kappa shape index (κ3) is 14.0. The Kier molecular flexibility index (Phi) is 10.7. The molecule has 0 rings (SSSR count). The molecule has 0 aromatic carbocycles. The van der Waals surface area contributed by atoms with Crippen molar-refractivity contribution in [3.63, 3.8) is 0 Å². The maximum absolute atomic E-state index is 10.8. The predicted octanol–water partition coefficient (Wildman–Crippen LogP) is 5.05. The van der Waals surface area contributed by atoms with Crippen LogP contribution in [0.5, 0.6) is 0 Å². The largest absolute Gasteiger partial charge is 0.463 e. The van der Waals surface area contributed by atoms with E-state index in [2.05, 4.69) is 35.0 Å². The van der Waals surface area contributed by atoms with Gasteiger partial charge in [0.05, 0.1) is 6.61 Å². The molecule has 0 aliphatic carbocycles. The SMILES string of the molecule is C=CC(=O)OCCCCCCCCC[Si](C)(C)Br. The number of hydrogen-bond donors (Lipinski definition) is 0. The smallest absolute Gasteiger partial charge is 0.330 e. The molecule has 0 bridgehead atoms. The van der Waals surface area contributed by atoms with Crippen LogP contribution in [0, 0.1) is 0 Å². The van der Waals surface area contributed by atoms with Crippen LogP contribution >= 0.6 is 15.3 Å². The van der Waals surface area contributed by atoms with Crippen LogP contribution < -0.4 is 0 Å². The van der Waals surface area contributed by atoms with Crippen molar-refractivity contribution in [2.45, 2.75) is 64.1 Å². The summed E-state index contributed by atoms with van der Waals surface area (Å²) >= 11 is 3.80. The van der Waals surface area contributed by atoms with Crippen LogP contribution in [-0.4, -0.2) is 19.3 Å². The number of halogens is 1. The number of carbonyl (C=O) groups is 1. The fourth-order valence-corrected chi connectivity index (χ4v) is 3.69. The van der Waals surface area contributed by atoms with E-state index < -0.39 is 6.69 Å². The molecule has 0 unspecified atom stereocenters. The van der Waals surface area contributed by atoms with E-state index in [-0.39, 0.29) is 5.97 Å². The molecule has 4 heteroatoms. The summed E-state index contributed by atoms with van der Waals surface area (Å²) < 4.78 is 4.92. The number of unbranched alkanes of at least 4 members (excludes halogenated alkanes) is 6. The highest BCUT2D eigenvalue weighted by atomic mass is 79.9. The van der Waals surface area contributed by atoms with Gasteiger partial charge in [0.2, 0.25) is 0 Å². The van der Waals surface area contributed by atoms with Gasteiger partial charge in [0.15, 0.2) is 0 Å². The van der Waals surface area contributed by atoms with Gasteiger partial charge in [0, 0.05) is 6.08 Å². The normalized spacial score (nSPS) is 11.3. The minimum absolute atomic E-state index is 0.309. The van der Waals surface area contributed by atoms with E-state index in [4.69, 9.17) is 4.74 Å². The average Bonchev–Trinajstić information content (AvgIpc) is 2.29. The Labute approximate surface area is 121 Å². The first-order valence-corrected chi connectivity index (χ1v) is 12.4. The number of carbonyl (C=O) groups excluding carboxylic acids is 1. The van der Waals surface area contributed by atoms with E-state index in [0.29, 0.717) is 6.61 Å². The molecule has 106 valence electrons. The molecule has 0 heterocycles. The Morgan fingerprint density at radius 3 is 2.11 bits per heavy atom. The van der Waals surface area contributed by atoms with Gasteiger partial charge in [-0.3, -0.25) is 0 Å². The molecular weight excluding hydrogens is 308 g/mol. The van der Waals surface area contributed by atoms with Crippen molar-refractivity contribution in [3.8, 4) is 0 Å². The zero-order chi connectivity index (χ0) is 13.9. The molecule has 0 saturated heterocycles. The van der Waals surface area contributed by atoms with Crippen LogP contribution in [0.25, 0.3) is 0 Å². The lowest BCUT2D eigenvalue weighted by Crippen LogP contribution is -2.13. The van der Waals surface area contributed by atoms with Gasteiger partial charge in [-0.05, 0) is 12.5 Å².